The molecule has 4 heterocycles. The van der Waals surface area contributed by atoms with E-state index in [1.807, 2.05) is 23.1 Å². The number of aromatic nitrogens is 2. The molecule has 2 saturated heterocycles. The molecule has 2 aliphatic heterocycles. The topological polar surface area (TPSA) is 79.2 Å². The number of amides is 2. The van der Waals surface area contributed by atoms with E-state index in [-0.39, 0.29) is 12.0 Å². The van der Waals surface area contributed by atoms with Gasteiger partial charge in [-0.2, -0.15) is 5.10 Å². The average Bonchev–Trinajstić information content (AvgIpc) is 3.16. The predicted molar refractivity (Wildman–Crippen MR) is 125 cm³/mol. The van der Waals surface area contributed by atoms with Crippen LogP contribution in [0.1, 0.15) is 48.8 Å². The highest BCUT2D eigenvalue weighted by Crippen LogP contribution is 2.51. The van der Waals surface area contributed by atoms with Gasteiger partial charge in [0.15, 0.2) is 0 Å². The lowest BCUT2D eigenvalue weighted by Gasteiger charge is -2.33. The highest BCUT2D eigenvalue weighted by molar-refractivity contribution is 5.93. The van der Waals surface area contributed by atoms with E-state index in [0.717, 1.165) is 63.3 Å². The lowest BCUT2D eigenvalue weighted by atomic mass is 9.96. The standard InChI is InChI=1S/C25H35N5O3/c1-16(2)22-11-18-5-4-6-23(30(18)27-22)24(31)26-12-19-20-14-28(15-21(19)20)13-17-7-9-29(10-8-17)25(32)33-3/h4-6,11,16-17,19-21H,7-10,12-15H2,1-3H3,(H,26,31). The number of likely N-dealkylation sites (tertiary alicyclic amines) is 2. The third-order valence-corrected chi connectivity index (χ3v) is 7.84. The zero-order chi connectivity index (χ0) is 23.1. The number of ether oxygens (including phenoxy) is 1. The third-order valence-electron chi connectivity index (χ3n) is 7.84. The maximum absolute atomic E-state index is 12.9. The molecule has 3 fully saturated rings. The van der Waals surface area contributed by atoms with Gasteiger partial charge < -0.3 is 19.9 Å². The van der Waals surface area contributed by atoms with Crippen LogP contribution >= 0.6 is 0 Å². The Hall–Kier alpha value is -2.61. The van der Waals surface area contributed by atoms with Crippen molar-refractivity contribution in [2.45, 2.75) is 32.6 Å². The number of hydrogen-bond acceptors (Lipinski definition) is 5. The molecule has 1 N–H and O–H groups in total. The maximum Gasteiger partial charge on any atom is 0.409 e. The van der Waals surface area contributed by atoms with E-state index in [9.17, 15) is 9.59 Å². The van der Waals surface area contributed by atoms with Crippen molar-refractivity contribution < 1.29 is 14.3 Å². The monoisotopic (exact) mass is 453 g/mol. The fraction of sp³-hybridized carbons (Fsp3) is 0.640. The summed E-state index contributed by atoms with van der Waals surface area (Å²) >= 11 is 0. The van der Waals surface area contributed by atoms with E-state index in [1.54, 1.807) is 4.52 Å². The first-order chi connectivity index (χ1) is 15.9. The minimum absolute atomic E-state index is 0.0433. The number of hydrogen-bond donors (Lipinski definition) is 1. The Labute approximate surface area is 195 Å². The molecule has 3 aliphatic rings. The molecule has 2 aromatic rings. The Morgan fingerprint density at radius 3 is 2.58 bits per heavy atom. The highest BCUT2D eigenvalue weighted by Gasteiger charge is 2.55. The van der Waals surface area contributed by atoms with Gasteiger partial charge in [0.1, 0.15) is 5.69 Å². The fourth-order valence-electron chi connectivity index (χ4n) is 5.77. The summed E-state index contributed by atoms with van der Waals surface area (Å²) in [4.78, 5) is 28.9. The second-order valence-corrected chi connectivity index (χ2v) is 10.3. The van der Waals surface area contributed by atoms with E-state index >= 15 is 0 Å². The van der Waals surface area contributed by atoms with Crippen LogP contribution in [0.15, 0.2) is 24.3 Å². The summed E-state index contributed by atoms with van der Waals surface area (Å²) in [5.41, 5.74) is 2.57. The Morgan fingerprint density at radius 1 is 1.18 bits per heavy atom. The molecule has 1 saturated carbocycles. The first-order valence-electron chi connectivity index (χ1n) is 12.3. The molecule has 5 rings (SSSR count). The minimum Gasteiger partial charge on any atom is -0.453 e. The van der Waals surface area contributed by atoms with Crippen molar-refractivity contribution in [1.29, 1.82) is 0 Å². The molecule has 33 heavy (non-hydrogen) atoms. The SMILES string of the molecule is COC(=O)N1CCC(CN2CC3C(CNC(=O)c4cccc5cc(C(C)C)nn45)C3C2)CC1. The van der Waals surface area contributed by atoms with Gasteiger partial charge in [0, 0.05) is 39.3 Å². The third kappa shape index (κ3) is 4.45. The molecule has 2 aromatic heterocycles. The number of carbonyl (C=O) groups is 2. The Morgan fingerprint density at radius 2 is 1.91 bits per heavy atom. The zero-order valence-corrected chi connectivity index (χ0v) is 19.9. The van der Waals surface area contributed by atoms with E-state index in [2.05, 4.69) is 35.2 Å². The van der Waals surface area contributed by atoms with Crippen LogP contribution < -0.4 is 5.32 Å². The number of carbonyl (C=O) groups excluding carboxylic acids is 2. The van der Waals surface area contributed by atoms with Gasteiger partial charge in [-0.05, 0) is 60.6 Å². The van der Waals surface area contributed by atoms with E-state index in [0.29, 0.717) is 35.3 Å². The first-order valence-corrected chi connectivity index (χ1v) is 12.3. The van der Waals surface area contributed by atoms with Crippen molar-refractivity contribution in [2.75, 3.05) is 46.4 Å². The van der Waals surface area contributed by atoms with Gasteiger partial charge >= 0.3 is 6.09 Å². The number of nitrogens with one attached hydrogen (secondary N) is 1. The van der Waals surface area contributed by atoms with Gasteiger partial charge in [-0.1, -0.05) is 19.9 Å². The molecule has 2 unspecified atom stereocenters. The number of methoxy groups -OCH3 is 1. The molecule has 0 aromatic carbocycles. The lowest BCUT2D eigenvalue weighted by molar-refractivity contribution is 0.0940. The molecule has 2 atom stereocenters. The molecular formula is C25H35N5O3. The first kappa shape index (κ1) is 22.2. The molecule has 0 radical (unpaired) electrons. The van der Waals surface area contributed by atoms with E-state index in [1.165, 1.54) is 7.11 Å². The lowest BCUT2D eigenvalue weighted by Crippen LogP contribution is -2.41. The summed E-state index contributed by atoms with van der Waals surface area (Å²) < 4.78 is 6.60. The Bertz CT molecular complexity index is 1010. The second kappa shape index (κ2) is 8.97. The van der Waals surface area contributed by atoms with Crippen molar-refractivity contribution in [1.82, 2.24) is 24.7 Å². The Balaban J connectivity index is 1.08. The highest BCUT2D eigenvalue weighted by atomic mass is 16.5. The number of rotatable bonds is 6. The Kier molecular flexibility index (Phi) is 6.03. The summed E-state index contributed by atoms with van der Waals surface area (Å²) in [7, 11) is 1.45. The number of fused-ring (bicyclic) bond motifs is 2. The van der Waals surface area contributed by atoms with Gasteiger partial charge in [-0.15, -0.1) is 0 Å². The van der Waals surface area contributed by atoms with Crippen LogP contribution in [0.4, 0.5) is 4.79 Å². The van der Waals surface area contributed by atoms with Crippen molar-refractivity contribution in [3.05, 3.63) is 35.7 Å². The van der Waals surface area contributed by atoms with Crippen LogP contribution in [0.5, 0.6) is 0 Å². The van der Waals surface area contributed by atoms with Crippen LogP contribution in [0.25, 0.3) is 5.52 Å². The summed E-state index contributed by atoms with van der Waals surface area (Å²) in [5, 5.41) is 7.81. The van der Waals surface area contributed by atoms with Crippen molar-refractivity contribution in [3.63, 3.8) is 0 Å². The summed E-state index contributed by atoms with van der Waals surface area (Å²) in [6, 6.07) is 7.82. The molecular weight excluding hydrogens is 418 g/mol. The van der Waals surface area contributed by atoms with Crippen molar-refractivity contribution in [3.8, 4) is 0 Å². The normalized spacial score (nSPS) is 25.5. The van der Waals surface area contributed by atoms with Crippen LogP contribution in [0.3, 0.4) is 0 Å². The van der Waals surface area contributed by atoms with Crippen LogP contribution in [0, 0.1) is 23.7 Å². The van der Waals surface area contributed by atoms with Crippen LogP contribution in [0.2, 0.25) is 0 Å². The van der Waals surface area contributed by atoms with Crippen LogP contribution in [-0.2, 0) is 4.74 Å². The summed E-state index contributed by atoms with van der Waals surface area (Å²) in [6.07, 6.45) is 1.90. The number of pyridine rings is 1. The summed E-state index contributed by atoms with van der Waals surface area (Å²) in [5.74, 6) is 2.94. The number of piperidine rings is 2. The fourth-order valence-corrected chi connectivity index (χ4v) is 5.77. The molecule has 178 valence electrons. The maximum atomic E-state index is 12.9. The predicted octanol–water partition coefficient (Wildman–Crippen LogP) is 2.84. The van der Waals surface area contributed by atoms with Gasteiger partial charge in [0.2, 0.25) is 0 Å². The van der Waals surface area contributed by atoms with E-state index < -0.39 is 0 Å². The zero-order valence-electron chi connectivity index (χ0n) is 19.9. The van der Waals surface area contributed by atoms with Crippen molar-refractivity contribution in [2.24, 2.45) is 23.7 Å². The molecule has 8 heteroatoms. The second-order valence-electron chi connectivity index (χ2n) is 10.3. The quantitative estimate of drug-likeness (QED) is 0.728. The van der Waals surface area contributed by atoms with E-state index in [4.69, 9.17) is 4.74 Å². The molecule has 2 amide bonds. The average molecular weight is 454 g/mol. The number of nitrogens with zero attached hydrogens (tertiary/aromatic N) is 4. The van der Waals surface area contributed by atoms with Gasteiger partial charge in [0.25, 0.3) is 5.91 Å². The van der Waals surface area contributed by atoms with Crippen molar-refractivity contribution >= 4 is 17.5 Å². The van der Waals surface area contributed by atoms with Crippen LogP contribution in [-0.4, -0.2) is 77.8 Å². The molecule has 0 bridgehead atoms. The minimum atomic E-state index is -0.204. The molecule has 8 nitrogen and oxygen atoms in total. The largest absolute Gasteiger partial charge is 0.453 e. The molecule has 0 spiro atoms. The van der Waals surface area contributed by atoms with Gasteiger partial charge in [-0.25, -0.2) is 9.31 Å². The summed E-state index contributed by atoms with van der Waals surface area (Å²) in [6.45, 7) is 9.96. The smallest absolute Gasteiger partial charge is 0.409 e. The van der Waals surface area contributed by atoms with Gasteiger partial charge in [-0.3, -0.25) is 4.79 Å². The van der Waals surface area contributed by atoms with Gasteiger partial charge in [0.05, 0.1) is 18.3 Å². The molecule has 1 aliphatic carbocycles.